The van der Waals surface area contributed by atoms with Crippen LogP contribution in [0.5, 0.6) is 5.75 Å². The number of halogens is 1. The van der Waals surface area contributed by atoms with Gasteiger partial charge < -0.3 is 5.11 Å². The van der Waals surface area contributed by atoms with Crippen molar-refractivity contribution in [3.05, 3.63) is 68.7 Å². The van der Waals surface area contributed by atoms with Crippen molar-refractivity contribution >= 4 is 33.0 Å². The van der Waals surface area contributed by atoms with E-state index in [1.807, 2.05) is 48.9 Å². The van der Waals surface area contributed by atoms with Crippen LogP contribution in [-0.4, -0.2) is 22.0 Å². The van der Waals surface area contributed by atoms with Crippen molar-refractivity contribution in [2.24, 2.45) is 10.1 Å². The quantitative estimate of drug-likeness (QED) is 0.606. The van der Waals surface area contributed by atoms with Crippen molar-refractivity contribution in [1.29, 1.82) is 0 Å². The van der Waals surface area contributed by atoms with Gasteiger partial charge in [0.2, 0.25) is 4.80 Å². The minimum absolute atomic E-state index is 0.220. The van der Waals surface area contributed by atoms with Crippen LogP contribution >= 0.6 is 27.3 Å². The predicted octanol–water partition coefficient (Wildman–Crippen LogP) is 4.88. The van der Waals surface area contributed by atoms with Gasteiger partial charge in [-0.15, -0.1) is 11.3 Å². The largest absolute Gasteiger partial charge is 0.507 e. The Labute approximate surface area is 158 Å². The Hall–Kier alpha value is -2.18. The summed E-state index contributed by atoms with van der Waals surface area (Å²) in [4.78, 5) is 5.37. The molecule has 0 saturated carbocycles. The minimum Gasteiger partial charge on any atom is -0.507 e. The van der Waals surface area contributed by atoms with Crippen LogP contribution in [0.15, 0.2) is 68.5 Å². The van der Waals surface area contributed by atoms with Crippen LogP contribution < -0.4 is 4.80 Å². The van der Waals surface area contributed by atoms with Crippen molar-refractivity contribution in [1.82, 2.24) is 4.68 Å². The number of aromatic hydroxyl groups is 1. The zero-order valence-corrected chi connectivity index (χ0v) is 16.4. The highest BCUT2D eigenvalue weighted by Crippen LogP contribution is 2.24. The number of hydrogen-bond acceptors (Lipinski definition) is 4. The Morgan fingerprint density at radius 2 is 2.00 bits per heavy atom. The highest BCUT2D eigenvalue weighted by molar-refractivity contribution is 9.10. The summed E-state index contributed by atoms with van der Waals surface area (Å²) < 4.78 is 2.86. The maximum Gasteiger partial charge on any atom is 0.206 e. The second-order valence-corrected chi connectivity index (χ2v) is 7.15. The summed E-state index contributed by atoms with van der Waals surface area (Å²) >= 11 is 5.07. The van der Waals surface area contributed by atoms with Gasteiger partial charge in [0.1, 0.15) is 5.75 Å². The Morgan fingerprint density at radius 1 is 1.20 bits per heavy atom. The third kappa shape index (κ3) is 3.91. The maximum absolute atomic E-state index is 10.1. The van der Waals surface area contributed by atoms with Gasteiger partial charge in [-0.3, -0.25) is 4.99 Å². The van der Waals surface area contributed by atoms with E-state index in [0.29, 0.717) is 12.1 Å². The first-order valence-corrected chi connectivity index (χ1v) is 9.58. The molecular formula is C19H18BrN3OS. The Kier molecular flexibility index (Phi) is 5.50. The standard InChI is InChI=1S/C19H18BrN3OS/c1-3-21-19-23(22-13(2)16-9-4-5-10-18(16)24)17(12-25-19)14-7-6-8-15(20)11-14/h4-12,24H,3H2,1-2H3. The van der Waals surface area contributed by atoms with E-state index in [4.69, 9.17) is 5.10 Å². The van der Waals surface area contributed by atoms with E-state index in [-0.39, 0.29) is 5.75 Å². The summed E-state index contributed by atoms with van der Waals surface area (Å²) in [6, 6.07) is 15.3. The Morgan fingerprint density at radius 3 is 2.72 bits per heavy atom. The number of benzene rings is 2. The number of rotatable bonds is 4. The second-order valence-electron chi connectivity index (χ2n) is 5.40. The van der Waals surface area contributed by atoms with Crippen LogP contribution in [0.1, 0.15) is 19.4 Å². The number of phenols is 1. The zero-order valence-electron chi connectivity index (χ0n) is 14.0. The van der Waals surface area contributed by atoms with Crippen molar-refractivity contribution in [3.8, 4) is 17.0 Å². The molecule has 0 radical (unpaired) electrons. The van der Waals surface area contributed by atoms with E-state index in [1.54, 1.807) is 23.5 Å². The van der Waals surface area contributed by atoms with Gasteiger partial charge in [-0.05, 0) is 38.1 Å². The van der Waals surface area contributed by atoms with Gasteiger partial charge in [0, 0.05) is 27.5 Å². The monoisotopic (exact) mass is 415 g/mol. The molecule has 1 N–H and O–H groups in total. The number of nitrogens with zero attached hydrogens (tertiary/aromatic N) is 3. The molecule has 3 aromatic rings. The summed E-state index contributed by atoms with van der Waals surface area (Å²) in [6.07, 6.45) is 0. The third-order valence-corrected chi connectivity index (χ3v) is 4.99. The number of para-hydroxylation sites is 1. The SMILES string of the molecule is CCN=c1scc(-c2cccc(Br)c2)n1N=C(C)c1ccccc1O. The van der Waals surface area contributed by atoms with Crippen LogP contribution in [0.3, 0.4) is 0 Å². The molecule has 25 heavy (non-hydrogen) atoms. The van der Waals surface area contributed by atoms with Gasteiger partial charge in [0.15, 0.2) is 0 Å². The highest BCUT2D eigenvalue weighted by Gasteiger charge is 2.10. The van der Waals surface area contributed by atoms with Crippen molar-refractivity contribution < 1.29 is 5.11 Å². The van der Waals surface area contributed by atoms with Gasteiger partial charge in [0.05, 0.1) is 11.4 Å². The lowest BCUT2D eigenvalue weighted by atomic mass is 10.1. The van der Waals surface area contributed by atoms with E-state index in [9.17, 15) is 5.11 Å². The lowest BCUT2D eigenvalue weighted by Crippen LogP contribution is -2.14. The van der Waals surface area contributed by atoms with E-state index in [1.165, 1.54) is 0 Å². The van der Waals surface area contributed by atoms with Crippen molar-refractivity contribution in [2.45, 2.75) is 13.8 Å². The molecule has 6 heteroatoms. The summed E-state index contributed by atoms with van der Waals surface area (Å²) in [7, 11) is 0. The molecule has 4 nitrogen and oxygen atoms in total. The molecule has 0 amide bonds. The van der Waals surface area contributed by atoms with Crippen molar-refractivity contribution in [2.75, 3.05) is 6.54 Å². The average molecular weight is 416 g/mol. The molecule has 0 aliphatic carbocycles. The number of aromatic nitrogens is 1. The van der Waals surface area contributed by atoms with E-state index in [0.717, 1.165) is 26.2 Å². The maximum atomic E-state index is 10.1. The van der Waals surface area contributed by atoms with Gasteiger partial charge in [-0.25, -0.2) is 4.68 Å². The zero-order chi connectivity index (χ0) is 17.8. The lowest BCUT2D eigenvalue weighted by Gasteiger charge is -2.07. The Balaban J connectivity index is 2.17. The summed E-state index contributed by atoms with van der Waals surface area (Å²) in [5, 5.41) is 16.9. The molecule has 1 aromatic heterocycles. The molecule has 0 bridgehead atoms. The first kappa shape index (κ1) is 17.6. The van der Waals surface area contributed by atoms with E-state index < -0.39 is 0 Å². The van der Waals surface area contributed by atoms with E-state index in [2.05, 4.69) is 32.4 Å². The molecule has 128 valence electrons. The molecule has 1 heterocycles. The normalized spacial score (nSPS) is 12.6. The Bertz CT molecular complexity index is 988. The fourth-order valence-corrected chi connectivity index (χ4v) is 3.76. The molecule has 0 aliphatic heterocycles. The molecule has 3 rings (SSSR count). The topological polar surface area (TPSA) is 49.9 Å². The summed E-state index contributed by atoms with van der Waals surface area (Å²) in [6.45, 7) is 4.58. The summed E-state index contributed by atoms with van der Waals surface area (Å²) in [5.74, 6) is 0.220. The van der Waals surface area contributed by atoms with Crippen LogP contribution in [0.2, 0.25) is 0 Å². The van der Waals surface area contributed by atoms with Crippen molar-refractivity contribution in [3.63, 3.8) is 0 Å². The first-order chi connectivity index (χ1) is 12.1. The fourth-order valence-electron chi connectivity index (χ4n) is 2.47. The van der Waals surface area contributed by atoms with Crippen LogP contribution in [0.25, 0.3) is 11.3 Å². The average Bonchev–Trinajstić information content (AvgIpc) is 2.98. The molecule has 0 unspecified atom stereocenters. The van der Waals surface area contributed by atoms with Gasteiger partial charge in [-0.1, -0.05) is 40.2 Å². The van der Waals surface area contributed by atoms with Crippen LogP contribution in [0, 0.1) is 0 Å². The number of phenolic OH excluding ortho intramolecular Hbond substituents is 1. The van der Waals surface area contributed by atoms with Crippen LogP contribution in [-0.2, 0) is 0 Å². The summed E-state index contributed by atoms with van der Waals surface area (Å²) in [5.41, 5.74) is 3.46. The van der Waals surface area contributed by atoms with Gasteiger partial charge >= 0.3 is 0 Å². The molecule has 0 fully saturated rings. The lowest BCUT2D eigenvalue weighted by molar-refractivity contribution is 0.474. The van der Waals surface area contributed by atoms with Crippen LogP contribution in [0.4, 0.5) is 0 Å². The molecule has 2 aromatic carbocycles. The molecular weight excluding hydrogens is 398 g/mol. The third-order valence-electron chi connectivity index (χ3n) is 3.64. The molecule has 0 aliphatic rings. The predicted molar refractivity (Wildman–Crippen MR) is 107 cm³/mol. The minimum atomic E-state index is 0.220. The van der Waals surface area contributed by atoms with Gasteiger partial charge in [-0.2, -0.15) is 5.10 Å². The molecule has 0 spiro atoms. The number of thiazole rings is 1. The fraction of sp³-hybridized carbons (Fsp3) is 0.158. The first-order valence-electron chi connectivity index (χ1n) is 7.91. The second kappa shape index (κ2) is 7.80. The van der Waals surface area contributed by atoms with E-state index >= 15 is 0 Å². The smallest absolute Gasteiger partial charge is 0.206 e. The van der Waals surface area contributed by atoms with Gasteiger partial charge in [0.25, 0.3) is 0 Å². The molecule has 0 saturated heterocycles. The molecule has 0 atom stereocenters. The number of hydrogen-bond donors (Lipinski definition) is 1. The highest BCUT2D eigenvalue weighted by atomic mass is 79.9.